The molecule has 5 nitrogen and oxygen atoms in total. The van der Waals surface area contributed by atoms with Crippen molar-refractivity contribution in [1.82, 2.24) is 20.1 Å². The molecule has 0 radical (unpaired) electrons. The van der Waals surface area contributed by atoms with E-state index in [2.05, 4.69) is 15.2 Å². The first-order chi connectivity index (χ1) is 9.34. The third-order valence-electron chi connectivity index (χ3n) is 3.10. The Balaban J connectivity index is 1.84. The van der Waals surface area contributed by atoms with E-state index in [0.29, 0.717) is 11.4 Å². The molecule has 0 aliphatic carbocycles. The summed E-state index contributed by atoms with van der Waals surface area (Å²) in [6, 6.07) is 7.52. The third kappa shape index (κ3) is 2.63. The first kappa shape index (κ1) is 12.2. The summed E-state index contributed by atoms with van der Waals surface area (Å²) in [4.78, 5) is 18.4. The summed E-state index contributed by atoms with van der Waals surface area (Å²) in [5.74, 6) is 2.83. The summed E-state index contributed by atoms with van der Waals surface area (Å²) in [5, 5.41) is 6.64. The molecule has 3 rings (SSSR count). The van der Waals surface area contributed by atoms with Crippen molar-refractivity contribution in [3.8, 4) is 11.4 Å². The van der Waals surface area contributed by atoms with Crippen molar-refractivity contribution in [2.75, 3.05) is 24.6 Å². The Hall–Kier alpha value is -1.82. The zero-order chi connectivity index (χ0) is 13.1. The van der Waals surface area contributed by atoms with Crippen LogP contribution in [0.2, 0.25) is 0 Å². The molecule has 1 saturated heterocycles. The van der Waals surface area contributed by atoms with Gasteiger partial charge in [-0.15, -0.1) is 0 Å². The van der Waals surface area contributed by atoms with Crippen LogP contribution in [-0.4, -0.2) is 50.6 Å². The van der Waals surface area contributed by atoms with Gasteiger partial charge in [0, 0.05) is 35.7 Å². The molecule has 2 heterocycles. The van der Waals surface area contributed by atoms with Gasteiger partial charge in [0.2, 0.25) is 0 Å². The number of thioether (sulfide) groups is 1. The predicted octanol–water partition coefficient (Wildman–Crippen LogP) is 1.66. The molecule has 19 heavy (non-hydrogen) atoms. The summed E-state index contributed by atoms with van der Waals surface area (Å²) in [6.45, 7) is 1.66. The van der Waals surface area contributed by atoms with E-state index in [9.17, 15) is 4.79 Å². The second-order valence-corrected chi connectivity index (χ2v) is 5.54. The summed E-state index contributed by atoms with van der Waals surface area (Å²) in [7, 11) is 0. The van der Waals surface area contributed by atoms with Gasteiger partial charge in [-0.25, -0.2) is 4.98 Å². The Kier molecular flexibility index (Phi) is 3.50. The Labute approximate surface area is 115 Å². The second kappa shape index (κ2) is 5.44. The summed E-state index contributed by atoms with van der Waals surface area (Å²) >= 11 is 1.90. The maximum atomic E-state index is 12.4. The number of aromatic nitrogens is 3. The van der Waals surface area contributed by atoms with E-state index >= 15 is 0 Å². The molecule has 1 N–H and O–H groups in total. The molecule has 0 atom stereocenters. The van der Waals surface area contributed by atoms with E-state index in [4.69, 9.17) is 0 Å². The highest BCUT2D eigenvalue weighted by Crippen LogP contribution is 2.18. The zero-order valence-electron chi connectivity index (χ0n) is 10.4. The first-order valence-electron chi connectivity index (χ1n) is 6.17. The lowest BCUT2D eigenvalue weighted by atomic mass is 10.1. The number of benzene rings is 1. The smallest absolute Gasteiger partial charge is 0.253 e. The number of rotatable bonds is 2. The van der Waals surface area contributed by atoms with Gasteiger partial charge in [0.1, 0.15) is 6.33 Å². The Morgan fingerprint density at radius 1 is 1.32 bits per heavy atom. The molecule has 0 bridgehead atoms. The van der Waals surface area contributed by atoms with Crippen molar-refractivity contribution in [1.29, 1.82) is 0 Å². The molecule has 98 valence electrons. The Morgan fingerprint density at radius 2 is 2.16 bits per heavy atom. The normalized spacial score (nSPS) is 15.5. The highest BCUT2D eigenvalue weighted by atomic mass is 32.2. The van der Waals surface area contributed by atoms with Crippen LogP contribution in [0.25, 0.3) is 11.4 Å². The highest BCUT2D eigenvalue weighted by Gasteiger charge is 2.18. The SMILES string of the molecule is O=C(c1cccc(-c2ncn[nH]2)c1)N1CCSCC1. The van der Waals surface area contributed by atoms with Gasteiger partial charge in [-0.05, 0) is 12.1 Å². The minimum absolute atomic E-state index is 0.0988. The van der Waals surface area contributed by atoms with Crippen molar-refractivity contribution in [2.24, 2.45) is 0 Å². The van der Waals surface area contributed by atoms with Gasteiger partial charge in [0.15, 0.2) is 5.82 Å². The van der Waals surface area contributed by atoms with Crippen molar-refractivity contribution < 1.29 is 4.79 Å². The van der Waals surface area contributed by atoms with Gasteiger partial charge >= 0.3 is 0 Å². The minimum atomic E-state index is 0.0988. The molecule has 1 fully saturated rings. The van der Waals surface area contributed by atoms with Gasteiger partial charge in [-0.3, -0.25) is 9.89 Å². The third-order valence-corrected chi connectivity index (χ3v) is 4.04. The van der Waals surface area contributed by atoms with Crippen LogP contribution in [-0.2, 0) is 0 Å². The van der Waals surface area contributed by atoms with Gasteiger partial charge in [-0.1, -0.05) is 12.1 Å². The van der Waals surface area contributed by atoms with Crippen molar-refractivity contribution >= 4 is 17.7 Å². The molecule has 6 heteroatoms. The fourth-order valence-corrected chi connectivity index (χ4v) is 3.00. The van der Waals surface area contributed by atoms with Crippen LogP contribution in [0.1, 0.15) is 10.4 Å². The summed E-state index contributed by atoms with van der Waals surface area (Å²) in [6.07, 6.45) is 1.46. The first-order valence-corrected chi connectivity index (χ1v) is 7.33. The average Bonchev–Trinajstić information content (AvgIpc) is 3.02. The monoisotopic (exact) mass is 274 g/mol. The lowest BCUT2D eigenvalue weighted by Crippen LogP contribution is -2.37. The van der Waals surface area contributed by atoms with Crippen LogP contribution in [0.15, 0.2) is 30.6 Å². The molecular formula is C13H14N4OS. The van der Waals surface area contributed by atoms with Crippen LogP contribution in [0.3, 0.4) is 0 Å². The van der Waals surface area contributed by atoms with E-state index in [1.165, 1.54) is 6.33 Å². The van der Waals surface area contributed by atoms with E-state index < -0.39 is 0 Å². The fourth-order valence-electron chi connectivity index (χ4n) is 2.09. The van der Waals surface area contributed by atoms with Crippen molar-refractivity contribution in [2.45, 2.75) is 0 Å². The lowest BCUT2D eigenvalue weighted by molar-refractivity contribution is 0.0772. The summed E-state index contributed by atoms with van der Waals surface area (Å²) in [5.41, 5.74) is 1.59. The van der Waals surface area contributed by atoms with Crippen LogP contribution < -0.4 is 0 Å². The summed E-state index contributed by atoms with van der Waals surface area (Å²) < 4.78 is 0. The topological polar surface area (TPSA) is 61.9 Å². The molecule has 1 aromatic heterocycles. The zero-order valence-corrected chi connectivity index (χ0v) is 11.2. The molecule has 0 spiro atoms. The Bertz CT molecular complexity index is 564. The van der Waals surface area contributed by atoms with E-state index in [1.54, 1.807) is 0 Å². The number of nitrogens with one attached hydrogen (secondary N) is 1. The maximum absolute atomic E-state index is 12.4. The number of carbonyl (C=O) groups is 1. The Morgan fingerprint density at radius 3 is 2.89 bits per heavy atom. The second-order valence-electron chi connectivity index (χ2n) is 4.32. The molecule has 0 saturated carbocycles. The number of amides is 1. The van der Waals surface area contributed by atoms with Gasteiger partial charge in [0.25, 0.3) is 5.91 Å². The average molecular weight is 274 g/mol. The van der Waals surface area contributed by atoms with E-state index in [-0.39, 0.29) is 5.91 Å². The van der Waals surface area contributed by atoms with E-state index in [0.717, 1.165) is 30.2 Å². The van der Waals surface area contributed by atoms with Gasteiger partial charge in [0.05, 0.1) is 0 Å². The number of carbonyl (C=O) groups excluding carboxylic acids is 1. The van der Waals surface area contributed by atoms with Gasteiger partial charge < -0.3 is 4.90 Å². The molecule has 0 unspecified atom stereocenters. The molecule has 1 aliphatic heterocycles. The molecular weight excluding hydrogens is 260 g/mol. The van der Waals surface area contributed by atoms with Crippen LogP contribution in [0, 0.1) is 0 Å². The lowest BCUT2D eigenvalue weighted by Gasteiger charge is -2.26. The highest BCUT2D eigenvalue weighted by molar-refractivity contribution is 7.99. The molecule has 1 amide bonds. The van der Waals surface area contributed by atoms with Gasteiger partial charge in [-0.2, -0.15) is 16.9 Å². The number of hydrogen-bond acceptors (Lipinski definition) is 4. The maximum Gasteiger partial charge on any atom is 0.253 e. The molecule has 1 aliphatic rings. The van der Waals surface area contributed by atoms with Crippen molar-refractivity contribution in [3.05, 3.63) is 36.2 Å². The number of hydrogen-bond donors (Lipinski definition) is 1. The minimum Gasteiger partial charge on any atom is -0.337 e. The largest absolute Gasteiger partial charge is 0.337 e. The number of H-pyrrole nitrogens is 1. The molecule has 2 aromatic rings. The predicted molar refractivity (Wildman–Crippen MR) is 75.0 cm³/mol. The number of aromatic amines is 1. The quantitative estimate of drug-likeness (QED) is 0.904. The standard InChI is InChI=1S/C13H14N4OS/c18-13(17-4-6-19-7-5-17)11-3-1-2-10(8-11)12-14-9-15-16-12/h1-3,8-9H,4-7H2,(H,14,15,16). The van der Waals surface area contributed by atoms with E-state index in [1.807, 2.05) is 40.9 Å². The van der Waals surface area contributed by atoms with Crippen LogP contribution in [0.4, 0.5) is 0 Å². The molecule has 1 aromatic carbocycles. The fraction of sp³-hybridized carbons (Fsp3) is 0.308. The van der Waals surface area contributed by atoms with Crippen LogP contribution in [0.5, 0.6) is 0 Å². The van der Waals surface area contributed by atoms with Crippen LogP contribution >= 0.6 is 11.8 Å². The van der Waals surface area contributed by atoms with Crippen molar-refractivity contribution in [3.63, 3.8) is 0 Å². The number of nitrogens with zero attached hydrogens (tertiary/aromatic N) is 3.